The maximum absolute atomic E-state index is 12.2. The molecule has 4 nitrogen and oxygen atoms in total. The van der Waals surface area contributed by atoms with Gasteiger partial charge in [-0.15, -0.1) is 0 Å². The van der Waals surface area contributed by atoms with Crippen molar-refractivity contribution in [3.8, 4) is 16.9 Å². The van der Waals surface area contributed by atoms with Crippen molar-refractivity contribution >= 4 is 17.6 Å². The van der Waals surface area contributed by atoms with E-state index < -0.39 is 5.97 Å². The van der Waals surface area contributed by atoms with Gasteiger partial charge in [-0.1, -0.05) is 42.5 Å². The van der Waals surface area contributed by atoms with Crippen molar-refractivity contribution in [1.82, 2.24) is 0 Å². The second-order valence-electron chi connectivity index (χ2n) is 5.54. The van der Waals surface area contributed by atoms with Crippen LogP contribution in [0.5, 0.6) is 5.75 Å². The molecule has 25 heavy (non-hydrogen) atoms. The van der Waals surface area contributed by atoms with E-state index in [0.29, 0.717) is 17.0 Å². The van der Waals surface area contributed by atoms with E-state index in [4.69, 9.17) is 4.74 Å². The van der Waals surface area contributed by atoms with Gasteiger partial charge in [0.05, 0.1) is 5.56 Å². The van der Waals surface area contributed by atoms with Gasteiger partial charge in [0.15, 0.2) is 0 Å². The van der Waals surface area contributed by atoms with Crippen LogP contribution in [0.2, 0.25) is 0 Å². The number of anilines is 1. The topological polar surface area (TPSA) is 55.4 Å². The van der Waals surface area contributed by atoms with E-state index in [0.717, 1.165) is 11.1 Å². The molecule has 1 N–H and O–H groups in total. The molecular weight excluding hydrogens is 314 g/mol. The second-order valence-corrected chi connectivity index (χ2v) is 5.54. The van der Waals surface area contributed by atoms with E-state index in [1.807, 2.05) is 42.5 Å². The van der Waals surface area contributed by atoms with Gasteiger partial charge in [0, 0.05) is 12.6 Å². The van der Waals surface area contributed by atoms with E-state index in [9.17, 15) is 9.59 Å². The molecule has 4 heteroatoms. The van der Waals surface area contributed by atoms with Crippen molar-refractivity contribution in [2.24, 2.45) is 0 Å². The second kappa shape index (κ2) is 7.45. The number of esters is 1. The van der Waals surface area contributed by atoms with Crippen molar-refractivity contribution in [3.63, 3.8) is 0 Å². The van der Waals surface area contributed by atoms with Crippen LogP contribution < -0.4 is 10.1 Å². The summed E-state index contributed by atoms with van der Waals surface area (Å²) in [6.45, 7) is 1.44. The highest BCUT2D eigenvalue weighted by atomic mass is 16.5. The molecule has 3 rings (SSSR count). The Kier molecular flexibility index (Phi) is 4.90. The molecule has 0 aliphatic carbocycles. The maximum atomic E-state index is 12.2. The zero-order valence-electron chi connectivity index (χ0n) is 13.7. The smallest absolute Gasteiger partial charge is 0.343 e. The third-order valence-electron chi connectivity index (χ3n) is 3.61. The summed E-state index contributed by atoms with van der Waals surface area (Å²) in [5.74, 6) is -0.152. The normalized spacial score (nSPS) is 10.1. The van der Waals surface area contributed by atoms with Crippen LogP contribution in [0.4, 0.5) is 5.69 Å². The third-order valence-corrected chi connectivity index (χ3v) is 3.61. The number of nitrogens with one attached hydrogen (secondary N) is 1. The van der Waals surface area contributed by atoms with Gasteiger partial charge >= 0.3 is 5.97 Å². The number of hydrogen-bond acceptors (Lipinski definition) is 3. The van der Waals surface area contributed by atoms with Crippen LogP contribution in [0.3, 0.4) is 0 Å². The molecule has 3 aromatic rings. The summed E-state index contributed by atoms with van der Waals surface area (Å²) in [4.78, 5) is 23.2. The van der Waals surface area contributed by atoms with Gasteiger partial charge in [-0.05, 0) is 47.5 Å². The molecule has 0 aliphatic rings. The molecule has 0 spiro atoms. The van der Waals surface area contributed by atoms with Crippen LogP contribution >= 0.6 is 0 Å². The van der Waals surface area contributed by atoms with Gasteiger partial charge in [0.25, 0.3) is 0 Å². The number of rotatable bonds is 4. The highest BCUT2D eigenvalue weighted by Gasteiger charge is 2.09. The van der Waals surface area contributed by atoms with Crippen LogP contribution in [0.15, 0.2) is 78.9 Å². The average molecular weight is 331 g/mol. The summed E-state index contributed by atoms with van der Waals surface area (Å²) in [6.07, 6.45) is 0. The molecule has 0 heterocycles. The molecule has 0 atom stereocenters. The van der Waals surface area contributed by atoms with Crippen LogP contribution in [0, 0.1) is 0 Å². The first kappa shape index (κ1) is 16.5. The molecule has 0 fully saturated rings. The number of ether oxygens (including phenoxy) is 1. The fourth-order valence-corrected chi connectivity index (χ4v) is 2.40. The Labute approximate surface area is 146 Å². The standard InChI is InChI=1S/C21H17NO3/c1-15(23)22-19-11-13-20(14-12-19)25-21(24)18-9-7-17(8-10-18)16-5-3-2-4-6-16/h2-14H,1H3,(H,22,23). The highest BCUT2D eigenvalue weighted by Crippen LogP contribution is 2.21. The fourth-order valence-electron chi connectivity index (χ4n) is 2.40. The number of hydrogen-bond donors (Lipinski definition) is 1. The largest absolute Gasteiger partial charge is 0.423 e. The lowest BCUT2D eigenvalue weighted by Gasteiger charge is -2.07. The van der Waals surface area contributed by atoms with Crippen molar-refractivity contribution in [1.29, 1.82) is 0 Å². The lowest BCUT2D eigenvalue weighted by atomic mass is 10.0. The number of amides is 1. The Hall–Kier alpha value is -3.40. The summed E-state index contributed by atoms with van der Waals surface area (Å²) >= 11 is 0. The van der Waals surface area contributed by atoms with Crippen LogP contribution in [-0.4, -0.2) is 11.9 Å². The molecule has 0 saturated heterocycles. The van der Waals surface area contributed by atoms with Crippen molar-refractivity contribution in [2.45, 2.75) is 6.92 Å². The van der Waals surface area contributed by atoms with Gasteiger partial charge in [-0.3, -0.25) is 4.79 Å². The highest BCUT2D eigenvalue weighted by molar-refractivity contribution is 5.92. The first-order valence-electron chi connectivity index (χ1n) is 7.87. The monoisotopic (exact) mass is 331 g/mol. The van der Waals surface area contributed by atoms with E-state index >= 15 is 0 Å². The SMILES string of the molecule is CC(=O)Nc1ccc(OC(=O)c2ccc(-c3ccccc3)cc2)cc1. The first-order chi connectivity index (χ1) is 12.1. The molecule has 0 bridgehead atoms. The molecule has 0 aromatic heterocycles. The first-order valence-corrected chi connectivity index (χ1v) is 7.87. The van der Waals surface area contributed by atoms with E-state index in [2.05, 4.69) is 5.32 Å². The minimum atomic E-state index is -0.424. The lowest BCUT2D eigenvalue weighted by Crippen LogP contribution is -2.09. The number of benzene rings is 3. The zero-order chi connectivity index (χ0) is 17.6. The minimum absolute atomic E-state index is 0.150. The van der Waals surface area contributed by atoms with Crippen molar-refractivity contribution in [3.05, 3.63) is 84.4 Å². The quantitative estimate of drug-likeness (QED) is 0.564. The Balaban J connectivity index is 1.68. The van der Waals surface area contributed by atoms with Gasteiger partial charge in [-0.25, -0.2) is 4.79 Å². The number of carbonyl (C=O) groups excluding carboxylic acids is 2. The molecule has 0 unspecified atom stereocenters. The Morgan fingerprint density at radius 2 is 1.36 bits per heavy atom. The maximum Gasteiger partial charge on any atom is 0.343 e. The summed E-state index contributed by atoms with van der Waals surface area (Å²) in [7, 11) is 0. The van der Waals surface area contributed by atoms with Gasteiger partial charge < -0.3 is 10.1 Å². The van der Waals surface area contributed by atoms with E-state index in [1.54, 1.807) is 36.4 Å². The molecule has 0 aliphatic heterocycles. The summed E-state index contributed by atoms with van der Waals surface area (Å²) in [6, 6.07) is 23.9. The Bertz CT molecular complexity index is 869. The third kappa shape index (κ3) is 4.32. The summed E-state index contributed by atoms with van der Waals surface area (Å²) in [5, 5.41) is 2.66. The van der Waals surface area contributed by atoms with Crippen LogP contribution in [0.25, 0.3) is 11.1 Å². The van der Waals surface area contributed by atoms with Crippen molar-refractivity contribution in [2.75, 3.05) is 5.32 Å². The predicted molar refractivity (Wildman–Crippen MR) is 97.6 cm³/mol. The summed E-state index contributed by atoms with van der Waals surface area (Å²) < 4.78 is 5.35. The van der Waals surface area contributed by atoms with Crippen molar-refractivity contribution < 1.29 is 14.3 Å². The molecular formula is C21H17NO3. The van der Waals surface area contributed by atoms with E-state index in [-0.39, 0.29) is 5.91 Å². The van der Waals surface area contributed by atoms with Crippen LogP contribution in [0.1, 0.15) is 17.3 Å². The fraction of sp³-hybridized carbons (Fsp3) is 0.0476. The molecule has 3 aromatic carbocycles. The average Bonchev–Trinajstić information content (AvgIpc) is 2.64. The molecule has 0 radical (unpaired) electrons. The summed E-state index contributed by atoms with van der Waals surface area (Å²) in [5.41, 5.74) is 3.26. The zero-order valence-corrected chi connectivity index (χ0v) is 13.7. The predicted octanol–water partition coefficient (Wildman–Crippen LogP) is 4.53. The van der Waals surface area contributed by atoms with Gasteiger partial charge in [0.1, 0.15) is 5.75 Å². The Morgan fingerprint density at radius 1 is 0.760 bits per heavy atom. The molecule has 1 amide bonds. The van der Waals surface area contributed by atoms with Crippen LogP contribution in [-0.2, 0) is 4.79 Å². The molecule has 124 valence electrons. The number of carbonyl (C=O) groups is 2. The van der Waals surface area contributed by atoms with Gasteiger partial charge in [-0.2, -0.15) is 0 Å². The minimum Gasteiger partial charge on any atom is -0.423 e. The van der Waals surface area contributed by atoms with E-state index in [1.165, 1.54) is 6.92 Å². The van der Waals surface area contributed by atoms with Gasteiger partial charge in [0.2, 0.25) is 5.91 Å². The lowest BCUT2D eigenvalue weighted by molar-refractivity contribution is -0.114. The molecule has 0 saturated carbocycles. The Morgan fingerprint density at radius 3 is 1.96 bits per heavy atom.